The Bertz CT molecular complexity index is 937. The minimum atomic E-state index is -0.974. The van der Waals surface area contributed by atoms with Crippen LogP contribution in [0.1, 0.15) is 11.3 Å². The minimum Gasteiger partial charge on any atom is -0.481 e. The number of fused-ring (bicyclic) bond motifs is 1. The molecule has 6 heteroatoms. The first kappa shape index (κ1) is 14.1. The zero-order valence-electron chi connectivity index (χ0n) is 12.3. The first-order valence-electron chi connectivity index (χ1n) is 6.84. The van der Waals surface area contributed by atoms with Gasteiger partial charge in [0.25, 0.3) is 5.56 Å². The fourth-order valence-corrected chi connectivity index (χ4v) is 2.54. The maximum absolute atomic E-state index is 12.2. The third-order valence-corrected chi connectivity index (χ3v) is 3.72. The van der Waals surface area contributed by atoms with Crippen LogP contribution >= 0.6 is 0 Å². The summed E-state index contributed by atoms with van der Waals surface area (Å²) in [7, 11) is 1.73. The zero-order chi connectivity index (χ0) is 15.9. The highest BCUT2D eigenvalue weighted by Gasteiger charge is 2.13. The molecule has 0 amide bonds. The van der Waals surface area contributed by atoms with Gasteiger partial charge in [-0.25, -0.2) is 0 Å². The van der Waals surface area contributed by atoms with Gasteiger partial charge in [-0.2, -0.15) is 9.61 Å². The number of hydrogen-bond donors (Lipinski definition) is 1. The van der Waals surface area contributed by atoms with E-state index in [1.165, 1.54) is 10.6 Å². The maximum Gasteiger partial charge on any atom is 0.309 e. The van der Waals surface area contributed by atoms with Crippen LogP contribution in [0.25, 0.3) is 16.9 Å². The predicted octanol–water partition coefficient (Wildman–Crippen LogP) is 1.64. The summed E-state index contributed by atoms with van der Waals surface area (Å²) in [5.74, 6) is -0.974. The number of aliphatic carboxylic acids is 1. The van der Waals surface area contributed by atoms with Crippen molar-refractivity contribution in [3.05, 3.63) is 58.0 Å². The van der Waals surface area contributed by atoms with Crippen LogP contribution < -0.4 is 5.56 Å². The van der Waals surface area contributed by atoms with Gasteiger partial charge in [0.1, 0.15) is 5.65 Å². The largest absolute Gasteiger partial charge is 0.481 e. The van der Waals surface area contributed by atoms with Crippen molar-refractivity contribution < 1.29 is 9.90 Å². The average molecular weight is 297 g/mol. The Kier molecular flexibility index (Phi) is 3.29. The number of aryl methyl sites for hydroxylation is 2. The quantitative estimate of drug-likeness (QED) is 0.797. The molecule has 0 bridgehead atoms. The smallest absolute Gasteiger partial charge is 0.309 e. The number of nitrogens with zero attached hydrogens (tertiary/aromatic N) is 3. The number of aromatic nitrogens is 3. The number of hydrogen-bond acceptors (Lipinski definition) is 3. The molecule has 0 aliphatic heterocycles. The highest BCUT2D eigenvalue weighted by Crippen LogP contribution is 2.22. The summed E-state index contributed by atoms with van der Waals surface area (Å²) in [6.07, 6.45) is -0.201. The van der Waals surface area contributed by atoms with E-state index in [1.807, 2.05) is 31.2 Å². The van der Waals surface area contributed by atoms with E-state index in [9.17, 15) is 9.59 Å². The van der Waals surface area contributed by atoms with E-state index >= 15 is 0 Å². The standard InChI is InChI=1S/C16H15N3O3/c1-10-5-3-4-6-12(10)13-9-14-18(2)11(8-16(21)22)7-15(20)19(14)17-13/h3-7,9H,8H2,1-2H3,(H,21,22). The van der Waals surface area contributed by atoms with Gasteiger partial charge in [-0.1, -0.05) is 24.3 Å². The van der Waals surface area contributed by atoms with Gasteiger partial charge < -0.3 is 9.67 Å². The Hall–Kier alpha value is -2.89. The van der Waals surface area contributed by atoms with Crippen LogP contribution in [0.2, 0.25) is 0 Å². The van der Waals surface area contributed by atoms with E-state index < -0.39 is 5.97 Å². The molecule has 1 N–H and O–H groups in total. The molecule has 2 heterocycles. The summed E-state index contributed by atoms with van der Waals surface area (Å²) in [6.45, 7) is 1.98. The predicted molar refractivity (Wildman–Crippen MR) is 81.9 cm³/mol. The lowest BCUT2D eigenvalue weighted by atomic mass is 10.1. The first-order chi connectivity index (χ1) is 10.5. The maximum atomic E-state index is 12.2. The molecule has 3 aromatic rings. The molecule has 0 aliphatic carbocycles. The molecule has 0 radical (unpaired) electrons. The zero-order valence-corrected chi connectivity index (χ0v) is 12.3. The molecule has 0 saturated carbocycles. The van der Waals surface area contributed by atoms with Crippen LogP contribution in [0.3, 0.4) is 0 Å². The van der Waals surface area contributed by atoms with Crippen LogP contribution in [0.4, 0.5) is 0 Å². The summed E-state index contributed by atoms with van der Waals surface area (Å²) in [5.41, 5.74) is 3.39. The average Bonchev–Trinajstić information content (AvgIpc) is 2.90. The lowest BCUT2D eigenvalue weighted by Gasteiger charge is -2.07. The van der Waals surface area contributed by atoms with Crippen molar-refractivity contribution in [1.29, 1.82) is 0 Å². The minimum absolute atomic E-state index is 0.201. The molecule has 0 aliphatic rings. The van der Waals surface area contributed by atoms with Crippen molar-refractivity contribution in [2.24, 2.45) is 7.05 Å². The molecule has 1 aromatic carbocycles. The highest BCUT2D eigenvalue weighted by molar-refractivity contribution is 5.71. The molecule has 0 spiro atoms. The Morgan fingerprint density at radius 3 is 2.68 bits per heavy atom. The van der Waals surface area contributed by atoms with E-state index in [0.717, 1.165) is 11.1 Å². The third-order valence-electron chi connectivity index (χ3n) is 3.72. The molecule has 112 valence electrons. The van der Waals surface area contributed by atoms with Crippen LogP contribution in [-0.2, 0) is 18.3 Å². The topological polar surface area (TPSA) is 76.6 Å². The molecule has 3 rings (SSSR count). The first-order valence-corrected chi connectivity index (χ1v) is 6.84. The van der Waals surface area contributed by atoms with Crippen LogP contribution in [0.5, 0.6) is 0 Å². The molecular weight excluding hydrogens is 282 g/mol. The lowest BCUT2D eigenvalue weighted by molar-refractivity contribution is -0.136. The highest BCUT2D eigenvalue weighted by atomic mass is 16.4. The van der Waals surface area contributed by atoms with Gasteiger partial charge in [0.2, 0.25) is 0 Å². The molecule has 0 saturated heterocycles. The monoisotopic (exact) mass is 297 g/mol. The van der Waals surface area contributed by atoms with Crippen molar-refractivity contribution in [2.45, 2.75) is 13.3 Å². The van der Waals surface area contributed by atoms with Crippen molar-refractivity contribution in [1.82, 2.24) is 14.2 Å². The van der Waals surface area contributed by atoms with Gasteiger partial charge in [0.15, 0.2) is 0 Å². The lowest BCUT2D eigenvalue weighted by Crippen LogP contribution is -2.21. The van der Waals surface area contributed by atoms with Gasteiger partial charge in [0.05, 0.1) is 12.1 Å². The van der Waals surface area contributed by atoms with Crippen LogP contribution in [0, 0.1) is 6.92 Å². The molecule has 6 nitrogen and oxygen atoms in total. The van der Waals surface area contributed by atoms with Crippen molar-refractivity contribution >= 4 is 11.6 Å². The Balaban J connectivity index is 2.24. The van der Waals surface area contributed by atoms with E-state index in [-0.39, 0.29) is 12.0 Å². The Labute approximate surface area is 126 Å². The van der Waals surface area contributed by atoms with Gasteiger partial charge in [0, 0.05) is 30.4 Å². The SMILES string of the molecule is Cc1ccccc1-c1cc2n(C)c(CC(=O)O)cc(=O)n2n1. The number of carboxylic acids is 1. The van der Waals surface area contributed by atoms with Crippen molar-refractivity contribution in [3.8, 4) is 11.3 Å². The molecule has 0 atom stereocenters. The van der Waals surface area contributed by atoms with E-state index in [1.54, 1.807) is 17.7 Å². The molecule has 2 aromatic heterocycles. The summed E-state index contributed by atoms with van der Waals surface area (Å²) in [5, 5.41) is 13.3. The summed E-state index contributed by atoms with van der Waals surface area (Å²) in [4.78, 5) is 23.1. The number of benzene rings is 1. The fourth-order valence-electron chi connectivity index (χ4n) is 2.54. The second kappa shape index (κ2) is 5.14. The van der Waals surface area contributed by atoms with E-state index in [0.29, 0.717) is 17.0 Å². The molecule has 0 unspecified atom stereocenters. The van der Waals surface area contributed by atoms with E-state index in [2.05, 4.69) is 5.10 Å². The molecule has 22 heavy (non-hydrogen) atoms. The summed E-state index contributed by atoms with van der Waals surface area (Å²) < 4.78 is 2.98. The Morgan fingerprint density at radius 2 is 2.00 bits per heavy atom. The number of carbonyl (C=O) groups is 1. The Morgan fingerprint density at radius 1 is 1.27 bits per heavy atom. The normalized spacial score (nSPS) is 11.0. The number of rotatable bonds is 3. The second-order valence-electron chi connectivity index (χ2n) is 5.22. The summed E-state index contributed by atoms with van der Waals surface area (Å²) in [6, 6.07) is 10.9. The van der Waals surface area contributed by atoms with Crippen LogP contribution in [0.15, 0.2) is 41.2 Å². The fraction of sp³-hybridized carbons (Fsp3) is 0.188. The molecule has 0 fully saturated rings. The van der Waals surface area contributed by atoms with Gasteiger partial charge in [-0.05, 0) is 12.5 Å². The van der Waals surface area contributed by atoms with Gasteiger partial charge >= 0.3 is 5.97 Å². The number of carboxylic acid groups (broad SMARTS) is 1. The van der Waals surface area contributed by atoms with Gasteiger partial charge in [-0.3, -0.25) is 9.59 Å². The second-order valence-corrected chi connectivity index (χ2v) is 5.22. The van der Waals surface area contributed by atoms with Gasteiger partial charge in [-0.15, -0.1) is 0 Å². The van der Waals surface area contributed by atoms with Crippen molar-refractivity contribution in [3.63, 3.8) is 0 Å². The summed E-state index contributed by atoms with van der Waals surface area (Å²) >= 11 is 0. The third kappa shape index (κ3) is 2.28. The van der Waals surface area contributed by atoms with Crippen molar-refractivity contribution in [2.75, 3.05) is 0 Å². The van der Waals surface area contributed by atoms with E-state index in [4.69, 9.17) is 5.11 Å². The molecular formula is C16H15N3O3. The van der Waals surface area contributed by atoms with Crippen LogP contribution in [-0.4, -0.2) is 25.3 Å².